The largest absolute Gasteiger partial charge is 0.293 e. The molecule has 1 atom stereocenters. The lowest BCUT2D eigenvalue weighted by atomic mass is 9.97. The fraction of sp³-hybridized carbons (Fsp3) is 0.167. The number of halogens is 1. The molecule has 0 spiro atoms. The summed E-state index contributed by atoms with van der Waals surface area (Å²) < 4.78 is -0.525. The minimum absolute atomic E-state index is 0.0220. The summed E-state index contributed by atoms with van der Waals surface area (Å²) in [5.41, 5.74) is 2.07. The zero-order valence-electron chi connectivity index (χ0n) is 15.8. The van der Waals surface area contributed by atoms with Crippen LogP contribution < -0.4 is 0 Å². The Morgan fingerprint density at radius 1 is 0.786 bits per heavy atom. The highest BCUT2D eigenvalue weighted by molar-refractivity contribution is 9.10. The molecule has 2 nitrogen and oxygen atoms in total. The van der Waals surface area contributed by atoms with Gasteiger partial charge in [0.25, 0.3) is 0 Å². The van der Waals surface area contributed by atoms with Gasteiger partial charge in [0.05, 0.1) is 4.32 Å². The van der Waals surface area contributed by atoms with E-state index in [0.717, 1.165) is 16.2 Å². The van der Waals surface area contributed by atoms with E-state index in [9.17, 15) is 9.59 Å². The Kier molecular flexibility index (Phi) is 6.53. The molecule has 142 valence electrons. The number of Topliss-reactive ketones (excluding diaryl/α,β-unsaturated/α-hetero) is 1. The number of hydrogen-bond donors (Lipinski definition) is 0. The van der Waals surface area contributed by atoms with Gasteiger partial charge in [0.1, 0.15) is 0 Å². The molecule has 0 aliphatic carbocycles. The molecule has 0 aromatic heterocycles. The van der Waals surface area contributed by atoms with Gasteiger partial charge >= 0.3 is 0 Å². The summed E-state index contributed by atoms with van der Waals surface area (Å²) in [7, 11) is 0. The second-order valence-electron chi connectivity index (χ2n) is 6.73. The number of carbonyl (C=O) groups is 2. The third-order valence-corrected chi connectivity index (χ3v) is 6.58. The summed E-state index contributed by atoms with van der Waals surface area (Å²) in [5.74, 6) is 0.115. The third-order valence-electron chi connectivity index (χ3n) is 4.64. The van der Waals surface area contributed by atoms with Crippen molar-refractivity contribution in [2.45, 2.75) is 34.4 Å². The van der Waals surface area contributed by atoms with Gasteiger partial charge in [0, 0.05) is 26.5 Å². The third kappa shape index (κ3) is 4.81. The van der Waals surface area contributed by atoms with Crippen molar-refractivity contribution in [3.8, 4) is 0 Å². The van der Waals surface area contributed by atoms with Gasteiger partial charge in [-0.15, -0.1) is 0 Å². The summed E-state index contributed by atoms with van der Waals surface area (Å²) in [4.78, 5) is 27.1. The van der Waals surface area contributed by atoms with E-state index in [1.54, 1.807) is 11.8 Å². The summed E-state index contributed by atoms with van der Waals surface area (Å²) in [6, 6.07) is 24.5. The lowest BCUT2D eigenvalue weighted by Gasteiger charge is -2.18. The van der Waals surface area contributed by atoms with Crippen LogP contribution in [-0.2, 0) is 0 Å². The maximum absolute atomic E-state index is 12.5. The van der Waals surface area contributed by atoms with E-state index in [0.29, 0.717) is 16.7 Å². The molecule has 0 N–H and O–H groups in total. The maximum Gasteiger partial charge on any atom is 0.193 e. The molecule has 0 saturated heterocycles. The van der Waals surface area contributed by atoms with Crippen LogP contribution in [0, 0.1) is 0 Å². The van der Waals surface area contributed by atoms with Crippen LogP contribution in [0.15, 0.2) is 88.7 Å². The molecular formula is C24H21BrO2S. The first kappa shape index (κ1) is 20.6. The molecule has 0 heterocycles. The Balaban J connectivity index is 1.69. The number of alkyl halides is 1. The van der Waals surface area contributed by atoms with E-state index in [4.69, 9.17) is 0 Å². The Labute approximate surface area is 178 Å². The number of benzene rings is 3. The van der Waals surface area contributed by atoms with Gasteiger partial charge in [0.2, 0.25) is 0 Å². The van der Waals surface area contributed by atoms with Gasteiger partial charge in [-0.3, -0.25) is 9.59 Å². The number of ketones is 2. The van der Waals surface area contributed by atoms with Crippen LogP contribution in [0.1, 0.15) is 46.5 Å². The standard InChI is InChI=1S/C24H21BrO2S/c1-3-24(2,25)23(27)19-11-15-21(16-12-19)28-20-13-9-18(10-14-20)22(26)17-7-5-4-6-8-17/h4-16H,3H2,1-2H3. The molecule has 3 rings (SSSR count). The van der Waals surface area contributed by atoms with Crippen molar-refractivity contribution in [3.05, 3.63) is 95.6 Å². The molecule has 0 saturated carbocycles. The average Bonchev–Trinajstić information content (AvgIpc) is 2.74. The van der Waals surface area contributed by atoms with Crippen molar-refractivity contribution in [2.24, 2.45) is 0 Å². The van der Waals surface area contributed by atoms with Gasteiger partial charge in [-0.25, -0.2) is 0 Å². The zero-order valence-corrected chi connectivity index (χ0v) is 18.2. The van der Waals surface area contributed by atoms with Crippen molar-refractivity contribution in [1.29, 1.82) is 0 Å². The van der Waals surface area contributed by atoms with Crippen LogP contribution in [0.2, 0.25) is 0 Å². The molecule has 0 radical (unpaired) electrons. The molecule has 0 amide bonds. The molecule has 4 heteroatoms. The molecule has 0 fully saturated rings. The first-order valence-corrected chi connectivity index (χ1v) is 10.7. The van der Waals surface area contributed by atoms with Crippen LogP contribution in [0.4, 0.5) is 0 Å². The van der Waals surface area contributed by atoms with E-state index in [1.165, 1.54) is 0 Å². The normalized spacial score (nSPS) is 13.0. The zero-order chi connectivity index (χ0) is 20.1. The van der Waals surface area contributed by atoms with Gasteiger partial charge in [-0.05, 0) is 49.7 Å². The molecule has 0 aliphatic heterocycles. The summed E-state index contributed by atoms with van der Waals surface area (Å²) >= 11 is 5.11. The highest BCUT2D eigenvalue weighted by atomic mass is 79.9. The van der Waals surface area contributed by atoms with Crippen molar-refractivity contribution < 1.29 is 9.59 Å². The summed E-state index contributed by atoms with van der Waals surface area (Å²) in [6.07, 6.45) is 0.733. The summed E-state index contributed by atoms with van der Waals surface area (Å²) in [6.45, 7) is 3.89. The molecular weight excluding hydrogens is 432 g/mol. The molecule has 0 bridgehead atoms. The summed E-state index contributed by atoms with van der Waals surface area (Å²) in [5, 5.41) is 0. The smallest absolute Gasteiger partial charge is 0.193 e. The molecule has 0 aliphatic rings. The van der Waals surface area contributed by atoms with Gasteiger partial charge in [-0.1, -0.05) is 77.1 Å². The first-order chi connectivity index (χ1) is 13.4. The highest BCUT2D eigenvalue weighted by Gasteiger charge is 2.28. The Bertz CT molecular complexity index is 962. The van der Waals surface area contributed by atoms with Crippen molar-refractivity contribution in [1.82, 2.24) is 0 Å². The van der Waals surface area contributed by atoms with Crippen molar-refractivity contribution in [3.63, 3.8) is 0 Å². The predicted octanol–water partition coefficient (Wildman–Crippen LogP) is 6.82. The van der Waals surface area contributed by atoms with E-state index in [2.05, 4.69) is 15.9 Å². The van der Waals surface area contributed by atoms with E-state index < -0.39 is 4.32 Å². The van der Waals surface area contributed by atoms with Crippen LogP contribution in [-0.4, -0.2) is 15.9 Å². The van der Waals surface area contributed by atoms with Gasteiger partial charge in [-0.2, -0.15) is 0 Å². The fourth-order valence-electron chi connectivity index (χ4n) is 2.70. The predicted molar refractivity (Wildman–Crippen MR) is 119 cm³/mol. The Morgan fingerprint density at radius 3 is 1.75 bits per heavy atom. The SMILES string of the molecule is CCC(C)(Br)C(=O)c1ccc(Sc2ccc(C(=O)c3ccccc3)cc2)cc1. The Hall–Kier alpha value is -2.17. The van der Waals surface area contributed by atoms with E-state index in [-0.39, 0.29) is 11.6 Å². The van der Waals surface area contributed by atoms with E-state index >= 15 is 0 Å². The minimum Gasteiger partial charge on any atom is -0.293 e. The molecule has 1 unspecified atom stereocenters. The van der Waals surface area contributed by atoms with Crippen molar-refractivity contribution in [2.75, 3.05) is 0 Å². The lowest BCUT2D eigenvalue weighted by molar-refractivity contribution is 0.0951. The molecule has 3 aromatic carbocycles. The second kappa shape index (κ2) is 8.89. The minimum atomic E-state index is -0.525. The van der Waals surface area contributed by atoms with E-state index in [1.807, 2.05) is 92.7 Å². The van der Waals surface area contributed by atoms with Crippen LogP contribution >= 0.6 is 27.7 Å². The number of carbonyl (C=O) groups excluding carboxylic acids is 2. The number of hydrogen-bond acceptors (Lipinski definition) is 3. The number of rotatable bonds is 7. The molecule has 28 heavy (non-hydrogen) atoms. The Morgan fingerprint density at radius 2 is 1.25 bits per heavy atom. The maximum atomic E-state index is 12.5. The van der Waals surface area contributed by atoms with Crippen LogP contribution in [0.5, 0.6) is 0 Å². The monoisotopic (exact) mass is 452 g/mol. The quantitative estimate of drug-likeness (QED) is 0.291. The fourth-order valence-corrected chi connectivity index (χ4v) is 3.75. The first-order valence-electron chi connectivity index (χ1n) is 9.12. The molecule has 3 aromatic rings. The second-order valence-corrected chi connectivity index (χ2v) is 9.62. The van der Waals surface area contributed by atoms with Gasteiger partial charge < -0.3 is 0 Å². The van der Waals surface area contributed by atoms with Gasteiger partial charge in [0.15, 0.2) is 11.6 Å². The van der Waals surface area contributed by atoms with Crippen LogP contribution in [0.3, 0.4) is 0 Å². The van der Waals surface area contributed by atoms with Crippen molar-refractivity contribution >= 4 is 39.3 Å². The topological polar surface area (TPSA) is 34.1 Å². The van der Waals surface area contributed by atoms with Crippen LogP contribution in [0.25, 0.3) is 0 Å². The highest BCUT2D eigenvalue weighted by Crippen LogP contribution is 2.31. The lowest BCUT2D eigenvalue weighted by Crippen LogP contribution is -2.27. The average molecular weight is 453 g/mol.